The third kappa shape index (κ3) is 3.51. The number of ether oxygens (including phenoxy) is 1. The Hall–Kier alpha value is -1.10. The van der Waals surface area contributed by atoms with Crippen molar-refractivity contribution in [2.75, 3.05) is 26.2 Å². The maximum Gasteiger partial charge on any atom is 0.232 e. The number of carbonyl (C=O) groups excluding carboxylic acids is 1. The molecule has 1 amide bonds. The first-order valence-electron chi connectivity index (χ1n) is 6.72. The van der Waals surface area contributed by atoms with Gasteiger partial charge in [0.2, 0.25) is 5.91 Å². The lowest BCUT2D eigenvalue weighted by Gasteiger charge is -2.37. The van der Waals surface area contributed by atoms with Crippen molar-refractivity contribution in [3.63, 3.8) is 0 Å². The van der Waals surface area contributed by atoms with Crippen LogP contribution in [0.4, 0.5) is 0 Å². The predicted molar refractivity (Wildman–Crippen MR) is 82.1 cm³/mol. The maximum atomic E-state index is 12.7. The van der Waals surface area contributed by atoms with Crippen molar-refractivity contribution in [1.29, 1.82) is 0 Å². The number of hydrogen-bond acceptors (Lipinski definition) is 3. The van der Waals surface area contributed by atoms with Crippen molar-refractivity contribution < 1.29 is 9.53 Å². The molecule has 1 atom stereocenters. The summed E-state index contributed by atoms with van der Waals surface area (Å²) in [4.78, 5) is 14.6. The highest BCUT2D eigenvalue weighted by molar-refractivity contribution is 5.87. The summed E-state index contributed by atoms with van der Waals surface area (Å²) < 4.78 is 5.51. The molecule has 1 unspecified atom stereocenters. The Bertz CT molecular complexity index is 437. The molecule has 1 fully saturated rings. The molecule has 0 saturated carbocycles. The van der Waals surface area contributed by atoms with Crippen LogP contribution in [0.2, 0.25) is 0 Å². The Morgan fingerprint density at radius 3 is 2.65 bits per heavy atom. The van der Waals surface area contributed by atoms with Crippen LogP contribution in [0.1, 0.15) is 19.4 Å². The summed E-state index contributed by atoms with van der Waals surface area (Å²) in [6.45, 7) is 6.19. The molecular formula is C15H23ClN2O2. The molecule has 4 nitrogen and oxygen atoms in total. The zero-order chi connectivity index (χ0) is 13.9. The monoisotopic (exact) mass is 298 g/mol. The number of rotatable bonds is 3. The Morgan fingerprint density at radius 2 is 2.05 bits per heavy atom. The Balaban J connectivity index is 0.00000200. The third-order valence-electron chi connectivity index (χ3n) is 3.72. The van der Waals surface area contributed by atoms with E-state index in [1.165, 1.54) is 0 Å². The van der Waals surface area contributed by atoms with Gasteiger partial charge in [0.1, 0.15) is 0 Å². The molecule has 1 aliphatic heterocycles. The first-order valence-corrected chi connectivity index (χ1v) is 6.72. The Kier molecular flexibility index (Phi) is 5.99. The smallest absolute Gasteiger partial charge is 0.232 e. The van der Waals surface area contributed by atoms with E-state index in [4.69, 9.17) is 10.5 Å². The van der Waals surface area contributed by atoms with Gasteiger partial charge in [-0.25, -0.2) is 0 Å². The van der Waals surface area contributed by atoms with Gasteiger partial charge < -0.3 is 15.4 Å². The fourth-order valence-electron chi connectivity index (χ4n) is 2.42. The van der Waals surface area contributed by atoms with Gasteiger partial charge >= 0.3 is 0 Å². The van der Waals surface area contributed by atoms with Gasteiger partial charge in [-0.3, -0.25) is 4.79 Å². The van der Waals surface area contributed by atoms with E-state index in [0.717, 1.165) is 5.56 Å². The van der Waals surface area contributed by atoms with E-state index in [0.29, 0.717) is 26.2 Å². The van der Waals surface area contributed by atoms with Crippen molar-refractivity contribution in [3.8, 4) is 0 Å². The molecule has 1 aliphatic rings. The van der Waals surface area contributed by atoms with Gasteiger partial charge in [-0.1, -0.05) is 30.3 Å². The van der Waals surface area contributed by atoms with Crippen LogP contribution < -0.4 is 5.73 Å². The second-order valence-electron chi connectivity index (χ2n) is 5.47. The SMILES string of the molecule is CC(C)(C(=O)N1CCOC(CN)C1)c1ccccc1.Cl. The van der Waals surface area contributed by atoms with Crippen LogP contribution in [0.5, 0.6) is 0 Å². The van der Waals surface area contributed by atoms with Crippen molar-refractivity contribution >= 4 is 18.3 Å². The zero-order valence-corrected chi connectivity index (χ0v) is 12.9. The number of benzene rings is 1. The van der Waals surface area contributed by atoms with Crippen molar-refractivity contribution in [2.24, 2.45) is 5.73 Å². The topological polar surface area (TPSA) is 55.6 Å². The van der Waals surface area contributed by atoms with E-state index in [9.17, 15) is 4.79 Å². The standard InChI is InChI=1S/C15H22N2O2.ClH/c1-15(2,12-6-4-3-5-7-12)14(18)17-8-9-19-13(10-16)11-17;/h3-7,13H,8-11,16H2,1-2H3;1H. The molecule has 0 bridgehead atoms. The first-order chi connectivity index (χ1) is 9.05. The van der Waals surface area contributed by atoms with Gasteiger partial charge in [-0.15, -0.1) is 12.4 Å². The summed E-state index contributed by atoms with van der Waals surface area (Å²) in [5, 5.41) is 0. The molecule has 0 radical (unpaired) electrons. The summed E-state index contributed by atoms with van der Waals surface area (Å²) in [7, 11) is 0. The molecule has 1 aromatic rings. The minimum atomic E-state index is -0.516. The molecular weight excluding hydrogens is 276 g/mol. The third-order valence-corrected chi connectivity index (χ3v) is 3.72. The quantitative estimate of drug-likeness (QED) is 0.921. The highest BCUT2D eigenvalue weighted by Gasteiger charge is 2.35. The Labute approximate surface area is 126 Å². The first kappa shape index (κ1) is 17.0. The molecule has 1 heterocycles. The second kappa shape index (κ2) is 7.07. The van der Waals surface area contributed by atoms with E-state index in [2.05, 4.69) is 0 Å². The number of hydrogen-bond donors (Lipinski definition) is 1. The van der Waals surface area contributed by atoms with E-state index < -0.39 is 5.41 Å². The number of nitrogens with two attached hydrogens (primary N) is 1. The van der Waals surface area contributed by atoms with Crippen molar-refractivity contribution in [1.82, 2.24) is 4.90 Å². The summed E-state index contributed by atoms with van der Waals surface area (Å²) in [6, 6.07) is 9.89. The summed E-state index contributed by atoms with van der Waals surface area (Å²) in [6.07, 6.45) is -0.0377. The van der Waals surface area contributed by atoms with Crippen LogP contribution in [-0.2, 0) is 14.9 Å². The molecule has 1 aromatic carbocycles. The normalized spacial score (nSPS) is 19.4. The van der Waals surface area contributed by atoms with Crippen LogP contribution in [0.25, 0.3) is 0 Å². The van der Waals surface area contributed by atoms with Gasteiger partial charge in [0, 0.05) is 19.6 Å². The predicted octanol–water partition coefficient (Wildman–Crippen LogP) is 1.57. The number of carbonyl (C=O) groups is 1. The fraction of sp³-hybridized carbons (Fsp3) is 0.533. The summed E-state index contributed by atoms with van der Waals surface area (Å²) in [5.41, 5.74) is 6.14. The van der Waals surface area contributed by atoms with E-state index in [1.54, 1.807) is 0 Å². The molecule has 5 heteroatoms. The zero-order valence-electron chi connectivity index (χ0n) is 12.0. The molecule has 1 saturated heterocycles. The van der Waals surface area contributed by atoms with Crippen molar-refractivity contribution in [2.45, 2.75) is 25.4 Å². The number of morpholine rings is 1. The van der Waals surface area contributed by atoms with Crippen LogP contribution >= 0.6 is 12.4 Å². The minimum Gasteiger partial charge on any atom is -0.373 e. The van der Waals surface area contributed by atoms with Crippen LogP contribution in [0.15, 0.2) is 30.3 Å². The highest BCUT2D eigenvalue weighted by Crippen LogP contribution is 2.26. The molecule has 0 aromatic heterocycles. The largest absolute Gasteiger partial charge is 0.373 e. The van der Waals surface area contributed by atoms with Crippen LogP contribution in [-0.4, -0.2) is 43.2 Å². The van der Waals surface area contributed by atoms with E-state index in [-0.39, 0.29) is 24.4 Å². The molecule has 20 heavy (non-hydrogen) atoms. The summed E-state index contributed by atoms with van der Waals surface area (Å²) >= 11 is 0. The van der Waals surface area contributed by atoms with Crippen LogP contribution in [0, 0.1) is 0 Å². The van der Waals surface area contributed by atoms with Crippen molar-refractivity contribution in [3.05, 3.63) is 35.9 Å². The highest BCUT2D eigenvalue weighted by atomic mass is 35.5. The van der Waals surface area contributed by atoms with Gasteiger partial charge in [0.25, 0.3) is 0 Å². The average Bonchev–Trinajstić information content (AvgIpc) is 2.47. The minimum absolute atomic E-state index is 0. The number of halogens is 1. The van der Waals surface area contributed by atoms with Gasteiger partial charge in [0.15, 0.2) is 0 Å². The lowest BCUT2D eigenvalue weighted by molar-refractivity contribution is -0.143. The number of nitrogens with zero attached hydrogens (tertiary/aromatic N) is 1. The fourth-order valence-corrected chi connectivity index (χ4v) is 2.42. The lowest BCUT2D eigenvalue weighted by atomic mass is 9.83. The second-order valence-corrected chi connectivity index (χ2v) is 5.47. The Morgan fingerprint density at radius 1 is 1.40 bits per heavy atom. The lowest BCUT2D eigenvalue weighted by Crippen LogP contribution is -2.52. The van der Waals surface area contributed by atoms with E-state index in [1.807, 2.05) is 49.1 Å². The van der Waals surface area contributed by atoms with Gasteiger partial charge in [-0.2, -0.15) is 0 Å². The van der Waals surface area contributed by atoms with Gasteiger partial charge in [0.05, 0.1) is 18.1 Å². The molecule has 112 valence electrons. The molecule has 0 aliphatic carbocycles. The van der Waals surface area contributed by atoms with E-state index >= 15 is 0 Å². The molecule has 2 N–H and O–H groups in total. The number of amides is 1. The summed E-state index contributed by atoms with van der Waals surface area (Å²) in [5.74, 6) is 0.139. The molecule has 0 spiro atoms. The molecule has 2 rings (SSSR count). The van der Waals surface area contributed by atoms with Crippen LogP contribution in [0.3, 0.4) is 0 Å². The maximum absolute atomic E-state index is 12.7. The van der Waals surface area contributed by atoms with Gasteiger partial charge in [-0.05, 0) is 19.4 Å². The average molecular weight is 299 g/mol.